The second-order valence-electron chi connectivity index (χ2n) is 2.94. The highest BCUT2D eigenvalue weighted by molar-refractivity contribution is 5.99. The van der Waals surface area contributed by atoms with E-state index in [1.165, 1.54) is 6.07 Å². The van der Waals surface area contributed by atoms with Crippen molar-refractivity contribution in [1.82, 2.24) is 0 Å². The molecule has 3 heteroatoms. The van der Waals surface area contributed by atoms with Gasteiger partial charge in [0, 0.05) is 0 Å². The van der Waals surface area contributed by atoms with Crippen LogP contribution in [-0.2, 0) is 11.2 Å². The summed E-state index contributed by atoms with van der Waals surface area (Å²) in [5, 5.41) is 2.49. The fraction of sp³-hybridized carbons (Fsp3) is 0.222. The van der Waals surface area contributed by atoms with Crippen LogP contribution >= 0.6 is 0 Å². The molecule has 1 heterocycles. The highest BCUT2D eigenvalue weighted by Gasteiger charge is 2.22. The van der Waals surface area contributed by atoms with Crippen LogP contribution in [0.2, 0.25) is 0 Å². The van der Waals surface area contributed by atoms with Crippen molar-refractivity contribution in [2.75, 3.05) is 5.32 Å². The fourth-order valence-corrected chi connectivity index (χ4v) is 1.43. The second-order valence-corrected chi connectivity index (χ2v) is 2.94. The Morgan fingerprint density at radius 3 is 2.92 bits per heavy atom. The molecule has 0 aromatic heterocycles. The zero-order valence-electron chi connectivity index (χ0n) is 6.65. The number of hydrogen-bond acceptors (Lipinski definition) is 1. The minimum atomic E-state index is -0.346. The predicted octanol–water partition coefficient (Wildman–Crippen LogP) is 1.63. The molecule has 1 N–H and O–H groups in total. The fourth-order valence-electron chi connectivity index (χ4n) is 1.43. The van der Waals surface area contributed by atoms with E-state index in [1.807, 2.05) is 6.92 Å². The molecule has 1 aliphatic heterocycles. The molecule has 0 unspecified atom stereocenters. The van der Waals surface area contributed by atoms with Crippen molar-refractivity contribution in [3.8, 4) is 0 Å². The van der Waals surface area contributed by atoms with Crippen LogP contribution in [0.15, 0.2) is 12.1 Å². The van der Waals surface area contributed by atoms with Crippen LogP contribution in [0.5, 0.6) is 0 Å². The third-order valence-electron chi connectivity index (χ3n) is 2.10. The van der Waals surface area contributed by atoms with Crippen LogP contribution in [-0.4, -0.2) is 5.91 Å². The van der Waals surface area contributed by atoms with E-state index in [2.05, 4.69) is 5.32 Å². The van der Waals surface area contributed by atoms with Gasteiger partial charge < -0.3 is 5.32 Å². The molecule has 2 nitrogen and oxygen atoms in total. The van der Waals surface area contributed by atoms with Crippen molar-refractivity contribution in [2.24, 2.45) is 0 Å². The van der Waals surface area contributed by atoms with Crippen LogP contribution in [0.25, 0.3) is 0 Å². The quantitative estimate of drug-likeness (QED) is 0.622. The van der Waals surface area contributed by atoms with Gasteiger partial charge in [0.25, 0.3) is 0 Å². The molecular formula is C9H8FNO. The van der Waals surface area contributed by atoms with E-state index >= 15 is 0 Å². The molecule has 0 spiro atoms. The van der Waals surface area contributed by atoms with E-state index in [4.69, 9.17) is 0 Å². The van der Waals surface area contributed by atoms with E-state index in [9.17, 15) is 9.18 Å². The number of halogens is 1. The summed E-state index contributed by atoms with van der Waals surface area (Å²) in [5.74, 6) is -0.473. The normalized spacial score (nSPS) is 14.3. The van der Waals surface area contributed by atoms with Gasteiger partial charge in [-0.15, -0.1) is 0 Å². The zero-order valence-corrected chi connectivity index (χ0v) is 6.65. The van der Waals surface area contributed by atoms with Crippen LogP contribution in [0, 0.1) is 12.7 Å². The van der Waals surface area contributed by atoms with Crippen LogP contribution < -0.4 is 5.32 Å². The maximum atomic E-state index is 13.0. The van der Waals surface area contributed by atoms with Gasteiger partial charge in [0.2, 0.25) is 5.91 Å². The summed E-state index contributed by atoms with van der Waals surface area (Å²) < 4.78 is 13.0. The minimum Gasteiger partial charge on any atom is -0.323 e. The monoisotopic (exact) mass is 165 g/mol. The van der Waals surface area contributed by atoms with E-state index in [0.717, 1.165) is 11.1 Å². The Morgan fingerprint density at radius 1 is 1.50 bits per heavy atom. The highest BCUT2D eigenvalue weighted by Crippen LogP contribution is 2.28. The summed E-state index contributed by atoms with van der Waals surface area (Å²) in [4.78, 5) is 10.9. The molecule has 0 atom stereocenters. The maximum Gasteiger partial charge on any atom is 0.228 e. The molecule has 1 amide bonds. The first-order valence-corrected chi connectivity index (χ1v) is 3.76. The molecule has 0 bridgehead atoms. The van der Waals surface area contributed by atoms with Crippen LogP contribution in [0.1, 0.15) is 11.1 Å². The average Bonchev–Trinajstić information content (AvgIpc) is 2.41. The number of amides is 1. The van der Waals surface area contributed by atoms with Gasteiger partial charge in [0.1, 0.15) is 5.82 Å². The Hall–Kier alpha value is -1.38. The van der Waals surface area contributed by atoms with E-state index < -0.39 is 0 Å². The predicted molar refractivity (Wildman–Crippen MR) is 43.5 cm³/mol. The first-order valence-electron chi connectivity index (χ1n) is 3.76. The first kappa shape index (κ1) is 7.28. The molecule has 0 fully saturated rings. The van der Waals surface area contributed by atoms with Gasteiger partial charge >= 0.3 is 0 Å². The van der Waals surface area contributed by atoms with Gasteiger partial charge in [-0.1, -0.05) is 6.07 Å². The SMILES string of the molecule is Cc1ccc(F)c2c1CC(=O)N2. The van der Waals surface area contributed by atoms with Crippen LogP contribution in [0.4, 0.5) is 10.1 Å². The maximum absolute atomic E-state index is 13.0. The molecule has 0 aliphatic carbocycles. The molecule has 0 saturated heterocycles. The molecular weight excluding hydrogens is 157 g/mol. The van der Waals surface area contributed by atoms with E-state index in [0.29, 0.717) is 12.1 Å². The van der Waals surface area contributed by atoms with Crippen molar-refractivity contribution in [3.63, 3.8) is 0 Å². The third-order valence-corrected chi connectivity index (χ3v) is 2.10. The Morgan fingerprint density at radius 2 is 2.25 bits per heavy atom. The first-order chi connectivity index (χ1) is 5.68. The number of benzene rings is 1. The smallest absolute Gasteiger partial charge is 0.228 e. The van der Waals surface area contributed by atoms with Crippen molar-refractivity contribution < 1.29 is 9.18 Å². The Kier molecular flexibility index (Phi) is 1.40. The number of anilines is 1. The summed E-state index contributed by atoms with van der Waals surface area (Å²) in [6.07, 6.45) is 0.304. The molecule has 1 aliphatic rings. The zero-order chi connectivity index (χ0) is 8.72. The molecule has 1 aromatic rings. The lowest BCUT2D eigenvalue weighted by atomic mass is 10.1. The molecule has 0 radical (unpaired) electrons. The van der Waals surface area contributed by atoms with Crippen molar-refractivity contribution in [2.45, 2.75) is 13.3 Å². The number of carbonyl (C=O) groups excluding carboxylic acids is 1. The summed E-state index contributed by atoms with van der Waals surface area (Å²) in [6.45, 7) is 1.87. The second kappa shape index (κ2) is 2.30. The molecule has 62 valence electrons. The largest absolute Gasteiger partial charge is 0.323 e. The standard InChI is InChI=1S/C9H8FNO/c1-5-2-3-7(10)9-6(5)4-8(12)11-9/h2-3H,4H2,1H3,(H,11,12). The lowest BCUT2D eigenvalue weighted by molar-refractivity contribution is -0.115. The molecule has 1 aromatic carbocycles. The summed E-state index contributed by atoms with van der Waals surface area (Å²) >= 11 is 0. The summed E-state index contributed by atoms with van der Waals surface area (Å²) in [5.41, 5.74) is 2.12. The van der Waals surface area contributed by atoms with Crippen molar-refractivity contribution >= 4 is 11.6 Å². The van der Waals surface area contributed by atoms with Gasteiger partial charge in [-0.3, -0.25) is 4.79 Å². The third kappa shape index (κ3) is 0.897. The Labute approximate surface area is 69.4 Å². The van der Waals surface area contributed by atoms with Gasteiger partial charge in [-0.05, 0) is 24.1 Å². The van der Waals surface area contributed by atoms with Crippen LogP contribution in [0.3, 0.4) is 0 Å². The lowest BCUT2D eigenvalue weighted by Gasteiger charge is -2.02. The highest BCUT2D eigenvalue weighted by atomic mass is 19.1. The van der Waals surface area contributed by atoms with Crippen molar-refractivity contribution in [3.05, 3.63) is 29.1 Å². The number of nitrogens with one attached hydrogen (secondary N) is 1. The van der Waals surface area contributed by atoms with E-state index in [1.54, 1.807) is 6.07 Å². The van der Waals surface area contributed by atoms with Gasteiger partial charge in [-0.2, -0.15) is 0 Å². The number of carbonyl (C=O) groups is 1. The van der Waals surface area contributed by atoms with Crippen molar-refractivity contribution in [1.29, 1.82) is 0 Å². The minimum absolute atomic E-state index is 0.127. The molecule has 12 heavy (non-hydrogen) atoms. The van der Waals surface area contributed by atoms with E-state index in [-0.39, 0.29) is 11.7 Å². The lowest BCUT2D eigenvalue weighted by Crippen LogP contribution is -2.04. The number of rotatable bonds is 0. The molecule has 0 saturated carbocycles. The Bertz CT molecular complexity index is 327. The number of fused-ring (bicyclic) bond motifs is 1. The molecule has 2 rings (SSSR count). The summed E-state index contributed by atoms with van der Waals surface area (Å²) in [6, 6.07) is 3.06. The Balaban J connectivity index is 2.64. The number of aryl methyl sites for hydroxylation is 1. The summed E-state index contributed by atoms with van der Waals surface area (Å²) in [7, 11) is 0. The number of hydrogen-bond donors (Lipinski definition) is 1. The average molecular weight is 165 g/mol. The van der Waals surface area contributed by atoms with Gasteiger partial charge in [0.05, 0.1) is 12.1 Å². The van der Waals surface area contributed by atoms with Gasteiger partial charge in [-0.25, -0.2) is 4.39 Å². The topological polar surface area (TPSA) is 29.1 Å². The van der Waals surface area contributed by atoms with Gasteiger partial charge in [0.15, 0.2) is 0 Å².